The third-order valence-corrected chi connectivity index (χ3v) is 2.93. The van der Waals surface area contributed by atoms with Gasteiger partial charge in [0.05, 0.1) is 7.11 Å². The van der Waals surface area contributed by atoms with Crippen molar-refractivity contribution in [3.63, 3.8) is 0 Å². The summed E-state index contributed by atoms with van der Waals surface area (Å²) in [5, 5.41) is 3.45. The molecule has 0 heterocycles. The lowest BCUT2D eigenvalue weighted by atomic mass is 10.0. The lowest BCUT2D eigenvalue weighted by Gasteiger charge is -2.17. The second-order valence-corrected chi connectivity index (χ2v) is 4.34. The van der Waals surface area contributed by atoms with Gasteiger partial charge in [-0.1, -0.05) is 31.2 Å². The average molecular weight is 233 g/mol. The van der Waals surface area contributed by atoms with E-state index in [4.69, 9.17) is 4.74 Å². The van der Waals surface area contributed by atoms with Gasteiger partial charge in [0.1, 0.15) is 5.75 Å². The van der Waals surface area contributed by atoms with E-state index in [9.17, 15) is 0 Å². The minimum absolute atomic E-state index is 0.419. The van der Waals surface area contributed by atoms with Gasteiger partial charge in [-0.2, -0.15) is 0 Å². The maximum Gasteiger partial charge on any atom is 0.118 e. The fraction of sp³-hybridized carbons (Fsp3) is 0.467. The first-order valence-electron chi connectivity index (χ1n) is 6.19. The topological polar surface area (TPSA) is 21.3 Å². The van der Waals surface area contributed by atoms with E-state index in [0.717, 1.165) is 25.1 Å². The van der Waals surface area contributed by atoms with E-state index in [-0.39, 0.29) is 0 Å². The summed E-state index contributed by atoms with van der Waals surface area (Å²) in [5.74, 6) is 0.914. The van der Waals surface area contributed by atoms with Crippen LogP contribution in [0.5, 0.6) is 5.75 Å². The van der Waals surface area contributed by atoms with Gasteiger partial charge in [-0.3, -0.25) is 0 Å². The highest BCUT2D eigenvalue weighted by atomic mass is 16.5. The van der Waals surface area contributed by atoms with Crippen LogP contribution in [-0.2, 0) is 6.42 Å². The number of likely N-dealkylation sites (N-methyl/N-ethyl adjacent to an activating group) is 1. The van der Waals surface area contributed by atoms with Crippen molar-refractivity contribution >= 4 is 0 Å². The van der Waals surface area contributed by atoms with Gasteiger partial charge in [0.25, 0.3) is 0 Å². The summed E-state index contributed by atoms with van der Waals surface area (Å²) in [6.07, 6.45) is 2.16. The minimum atomic E-state index is 0.419. The van der Waals surface area contributed by atoms with Gasteiger partial charge in [-0.25, -0.2) is 0 Å². The quantitative estimate of drug-likeness (QED) is 0.730. The molecule has 0 amide bonds. The monoisotopic (exact) mass is 233 g/mol. The van der Waals surface area contributed by atoms with Crippen LogP contribution < -0.4 is 10.1 Å². The number of hydrogen-bond donors (Lipinski definition) is 1. The molecule has 94 valence electrons. The first kappa shape index (κ1) is 13.8. The van der Waals surface area contributed by atoms with Crippen LogP contribution in [0.1, 0.15) is 25.8 Å². The fourth-order valence-electron chi connectivity index (χ4n) is 1.87. The fourth-order valence-corrected chi connectivity index (χ4v) is 1.87. The Hall–Kier alpha value is -1.28. The molecule has 0 aromatic heterocycles. The lowest BCUT2D eigenvalue weighted by Crippen LogP contribution is -2.30. The summed E-state index contributed by atoms with van der Waals surface area (Å²) in [4.78, 5) is 0. The maximum atomic E-state index is 5.15. The molecular weight excluding hydrogens is 210 g/mol. The van der Waals surface area contributed by atoms with Gasteiger partial charge < -0.3 is 10.1 Å². The van der Waals surface area contributed by atoms with Gasteiger partial charge in [0.15, 0.2) is 0 Å². The Bertz CT molecular complexity index is 342. The molecule has 0 spiro atoms. The zero-order valence-corrected chi connectivity index (χ0v) is 11.1. The molecule has 0 radical (unpaired) electrons. The molecule has 1 N–H and O–H groups in total. The molecule has 1 atom stereocenters. The smallest absolute Gasteiger partial charge is 0.118 e. The Morgan fingerprint density at radius 3 is 2.47 bits per heavy atom. The standard InChI is InChI=1S/C15H23NO/c1-5-16-15(12(2)3)11-8-13-6-9-14(17-4)10-7-13/h6-7,9-10,15-16H,2,5,8,11H2,1,3-4H3. The van der Waals surface area contributed by atoms with E-state index in [0.29, 0.717) is 6.04 Å². The molecule has 2 nitrogen and oxygen atoms in total. The minimum Gasteiger partial charge on any atom is -0.497 e. The maximum absolute atomic E-state index is 5.15. The summed E-state index contributed by atoms with van der Waals surface area (Å²) in [5.41, 5.74) is 2.55. The van der Waals surface area contributed by atoms with Crippen molar-refractivity contribution in [2.45, 2.75) is 32.7 Å². The van der Waals surface area contributed by atoms with Crippen LogP contribution in [-0.4, -0.2) is 19.7 Å². The Labute approximate surface area is 105 Å². The Balaban J connectivity index is 2.50. The van der Waals surface area contributed by atoms with E-state index >= 15 is 0 Å². The highest BCUT2D eigenvalue weighted by molar-refractivity contribution is 5.27. The van der Waals surface area contributed by atoms with E-state index in [1.807, 2.05) is 12.1 Å². The summed E-state index contributed by atoms with van der Waals surface area (Å²) in [6.45, 7) is 9.23. The molecule has 0 aliphatic heterocycles. The van der Waals surface area contributed by atoms with Crippen LogP contribution in [0.25, 0.3) is 0 Å². The number of benzene rings is 1. The van der Waals surface area contributed by atoms with E-state index in [2.05, 4.69) is 37.9 Å². The molecule has 0 fully saturated rings. The molecule has 0 saturated carbocycles. The second kappa shape index (κ2) is 7.13. The number of ether oxygens (including phenoxy) is 1. The summed E-state index contributed by atoms with van der Waals surface area (Å²) in [6, 6.07) is 8.69. The van der Waals surface area contributed by atoms with Gasteiger partial charge in [-0.15, -0.1) is 0 Å². The van der Waals surface area contributed by atoms with Crippen LogP contribution in [0.4, 0.5) is 0 Å². The predicted molar refractivity (Wildman–Crippen MR) is 73.6 cm³/mol. The molecule has 1 rings (SSSR count). The molecule has 1 aromatic rings. The third-order valence-electron chi connectivity index (χ3n) is 2.93. The molecule has 0 aliphatic carbocycles. The van der Waals surface area contributed by atoms with Gasteiger partial charge >= 0.3 is 0 Å². The lowest BCUT2D eigenvalue weighted by molar-refractivity contribution is 0.414. The average Bonchev–Trinajstić information content (AvgIpc) is 2.34. The normalized spacial score (nSPS) is 12.2. The molecule has 0 aliphatic rings. The van der Waals surface area contributed by atoms with Crippen LogP contribution in [0.3, 0.4) is 0 Å². The van der Waals surface area contributed by atoms with Crippen molar-refractivity contribution < 1.29 is 4.74 Å². The molecular formula is C15H23NO. The largest absolute Gasteiger partial charge is 0.497 e. The van der Waals surface area contributed by atoms with Crippen LogP contribution in [0.15, 0.2) is 36.4 Å². The first-order valence-corrected chi connectivity index (χ1v) is 6.19. The van der Waals surface area contributed by atoms with Crippen LogP contribution in [0, 0.1) is 0 Å². The Morgan fingerprint density at radius 2 is 2.00 bits per heavy atom. The van der Waals surface area contributed by atoms with Crippen molar-refractivity contribution in [2.24, 2.45) is 0 Å². The molecule has 2 heteroatoms. The molecule has 1 unspecified atom stereocenters. The van der Waals surface area contributed by atoms with E-state index in [1.54, 1.807) is 7.11 Å². The number of nitrogens with one attached hydrogen (secondary N) is 1. The van der Waals surface area contributed by atoms with Crippen molar-refractivity contribution in [3.8, 4) is 5.75 Å². The van der Waals surface area contributed by atoms with Crippen molar-refractivity contribution in [1.82, 2.24) is 5.32 Å². The third kappa shape index (κ3) is 4.61. The molecule has 0 bridgehead atoms. The summed E-state index contributed by atoms with van der Waals surface area (Å²) in [7, 11) is 1.69. The zero-order chi connectivity index (χ0) is 12.7. The SMILES string of the molecule is C=C(C)C(CCc1ccc(OC)cc1)NCC. The second-order valence-electron chi connectivity index (χ2n) is 4.34. The number of hydrogen-bond acceptors (Lipinski definition) is 2. The van der Waals surface area contributed by atoms with Gasteiger partial charge in [0, 0.05) is 6.04 Å². The summed E-state index contributed by atoms with van der Waals surface area (Å²) < 4.78 is 5.15. The Morgan fingerprint density at radius 1 is 1.35 bits per heavy atom. The van der Waals surface area contributed by atoms with E-state index < -0.39 is 0 Å². The van der Waals surface area contributed by atoms with Gasteiger partial charge in [0.2, 0.25) is 0 Å². The number of methoxy groups -OCH3 is 1. The summed E-state index contributed by atoms with van der Waals surface area (Å²) >= 11 is 0. The molecule has 17 heavy (non-hydrogen) atoms. The van der Waals surface area contributed by atoms with E-state index in [1.165, 1.54) is 11.1 Å². The first-order chi connectivity index (χ1) is 8.17. The van der Waals surface area contributed by atoms with Crippen molar-refractivity contribution in [2.75, 3.05) is 13.7 Å². The Kier molecular flexibility index (Phi) is 5.78. The van der Waals surface area contributed by atoms with Crippen molar-refractivity contribution in [1.29, 1.82) is 0 Å². The molecule has 1 aromatic carbocycles. The highest BCUT2D eigenvalue weighted by Crippen LogP contribution is 2.14. The van der Waals surface area contributed by atoms with Crippen LogP contribution in [0.2, 0.25) is 0 Å². The highest BCUT2D eigenvalue weighted by Gasteiger charge is 2.07. The zero-order valence-electron chi connectivity index (χ0n) is 11.1. The number of aryl methyl sites for hydroxylation is 1. The van der Waals surface area contributed by atoms with Crippen LogP contribution >= 0.6 is 0 Å². The number of rotatable bonds is 7. The predicted octanol–water partition coefficient (Wildman–Crippen LogP) is 3.18. The van der Waals surface area contributed by atoms with Crippen molar-refractivity contribution in [3.05, 3.63) is 42.0 Å². The molecule has 0 saturated heterocycles. The van der Waals surface area contributed by atoms with Gasteiger partial charge in [-0.05, 0) is 44.0 Å².